The summed E-state index contributed by atoms with van der Waals surface area (Å²) in [7, 11) is 0. The van der Waals surface area contributed by atoms with Crippen molar-refractivity contribution in [1.29, 1.82) is 0 Å². The van der Waals surface area contributed by atoms with Crippen molar-refractivity contribution >= 4 is 28.6 Å². The Morgan fingerprint density at radius 1 is 1.11 bits per heavy atom. The van der Waals surface area contributed by atoms with E-state index in [2.05, 4.69) is 10.3 Å². The summed E-state index contributed by atoms with van der Waals surface area (Å²) in [5.41, 5.74) is 2.05. The van der Waals surface area contributed by atoms with Gasteiger partial charge in [-0.2, -0.15) is 0 Å². The maximum absolute atomic E-state index is 12.8. The number of fused-ring (bicyclic) bond motifs is 1. The van der Waals surface area contributed by atoms with Crippen LogP contribution in [0.1, 0.15) is 40.5 Å². The van der Waals surface area contributed by atoms with Crippen LogP contribution in [0.2, 0.25) is 0 Å². The fourth-order valence-corrected chi connectivity index (χ4v) is 2.86. The quantitative estimate of drug-likeness (QED) is 0.514. The molecule has 2 N–H and O–H groups in total. The van der Waals surface area contributed by atoms with Gasteiger partial charge in [0.15, 0.2) is 11.9 Å². The Labute approximate surface area is 155 Å². The predicted octanol–water partition coefficient (Wildman–Crippen LogP) is 3.00. The lowest BCUT2D eigenvalue weighted by molar-refractivity contribution is -0.148. The third-order valence-electron chi connectivity index (χ3n) is 4.25. The Morgan fingerprint density at radius 2 is 1.85 bits per heavy atom. The topological polar surface area (TPSA) is 101 Å². The minimum atomic E-state index is -0.988. The monoisotopic (exact) mass is 368 g/mol. The fourth-order valence-electron chi connectivity index (χ4n) is 2.86. The van der Waals surface area contributed by atoms with E-state index in [-0.39, 0.29) is 11.5 Å². The number of furan rings is 1. The summed E-state index contributed by atoms with van der Waals surface area (Å²) in [6.45, 7) is 4.80. The summed E-state index contributed by atoms with van der Waals surface area (Å²) >= 11 is 0. The Balaban J connectivity index is 1.67. The molecule has 0 radical (unpaired) electrons. The van der Waals surface area contributed by atoms with Crippen LogP contribution in [0.25, 0.3) is 10.9 Å². The number of aromatic nitrogens is 1. The Bertz CT molecular complexity index is 987. The molecule has 0 aliphatic rings. The summed E-state index contributed by atoms with van der Waals surface area (Å²) in [5.74, 6) is -1.44. The molecule has 0 bridgehead atoms. The lowest BCUT2D eigenvalue weighted by Gasteiger charge is -2.17. The molecule has 0 spiro atoms. The second kappa shape index (κ2) is 7.49. The molecule has 0 aliphatic carbocycles. The fraction of sp³-hybridized carbons (Fsp3) is 0.250. The number of Topliss-reactive ketones (excluding diaryl/α,β-unsaturated/α-hetero) is 1. The molecule has 140 valence electrons. The molecule has 2 heterocycles. The van der Waals surface area contributed by atoms with Crippen molar-refractivity contribution in [1.82, 2.24) is 10.3 Å². The van der Waals surface area contributed by atoms with Gasteiger partial charge >= 0.3 is 5.97 Å². The van der Waals surface area contributed by atoms with Crippen molar-refractivity contribution in [2.75, 3.05) is 0 Å². The first-order valence-corrected chi connectivity index (χ1v) is 8.55. The molecule has 3 rings (SSSR count). The molecule has 7 nitrogen and oxygen atoms in total. The number of carbonyl (C=O) groups is 3. The largest absolute Gasteiger partial charge is 0.459 e. The molecule has 2 aromatic heterocycles. The van der Waals surface area contributed by atoms with Gasteiger partial charge in [0.1, 0.15) is 6.04 Å². The van der Waals surface area contributed by atoms with Gasteiger partial charge < -0.3 is 19.5 Å². The Morgan fingerprint density at radius 3 is 2.56 bits per heavy atom. The van der Waals surface area contributed by atoms with Crippen LogP contribution in [0.4, 0.5) is 0 Å². The number of aryl methyl sites for hydroxylation is 1. The molecule has 1 amide bonds. The van der Waals surface area contributed by atoms with Gasteiger partial charge in [0.2, 0.25) is 5.78 Å². The van der Waals surface area contributed by atoms with Crippen molar-refractivity contribution in [2.45, 2.75) is 32.9 Å². The normalized spacial score (nSPS) is 13.1. The summed E-state index contributed by atoms with van der Waals surface area (Å²) in [6.07, 6.45) is 0.376. The Kier molecular flexibility index (Phi) is 5.12. The number of benzene rings is 1. The molecular weight excluding hydrogens is 348 g/mol. The SMILES string of the molecule is Cc1[nH]c2ccccc2c1C(=O)[C@H](C)OC(=O)[C@H](C)NC(=O)c1ccco1. The minimum absolute atomic E-state index is 0.0909. The van der Waals surface area contributed by atoms with Gasteiger partial charge in [-0.05, 0) is 39.0 Å². The molecule has 7 heteroatoms. The van der Waals surface area contributed by atoms with Gasteiger partial charge in [-0.15, -0.1) is 0 Å². The van der Waals surface area contributed by atoms with Crippen molar-refractivity contribution in [3.63, 3.8) is 0 Å². The van der Waals surface area contributed by atoms with E-state index >= 15 is 0 Å². The third-order valence-corrected chi connectivity index (χ3v) is 4.25. The van der Waals surface area contributed by atoms with Crippen molar-refractivity contribution in [3.8, 4) is 0 Å². The van der Waals surface area contributed by atoms with Crippen LogP contribution in [-0.2, 0) is 9.53 Å². The zero-order chi connectivity index (χ0) is 19.6. The van der Waals surface area contributed by atoms with Crippen LogP contribution >= 0.6 is 0 Å². The van der Waals surface area contributed by atoms with E-state index in [4.69, 9.17) is 9.15 Å². The number of amides is 1. The first-order valence-electron chi connectivity index (χ1n) is 8.55. The first kappa shape index (κ1) is 18.4. The predicted molar refractivity (Wildman–Crippen MR) is 98.6 cm³/mol. The van der Waals surface area contributed by atoms with E-state index < -0.39 is 24.0 Å². The zero-order valence-electron chi connectivity index (χ0n) is 15.2. The van der Waals surface area contributed by atoms with Crippen LogP contribution in [0.15, 0.2) is 47.1 Å². The smallest absolute Gasteiger partial charge is 0.329 e. The molecular formula is C20H20N2O5. The van der Waals surface area contributed by atoms with Gasteiger partial charge in [0.05, 0.1) is 6.26 Å². The molecule has 0 saturated heterocycles. The van der Waals surface area contributed by atoms with E-state index in [0.717, 1.165) is 10.9 Å². The van der Waals surface area contributed by atoms with Gasteiger partial charge in [-0.1, -0.05) is 18.2 Å². The van der Waals surface area contributed by atoms with E-state index in [9.17, 15) is 14.4 Å². The average Bonchev–Trinajstić information content (AvgIpc) is 3.28. The molecule has 0 saturated carbocycles. The van der Waals surface area contributed by atoms with E-state index in [0.29, 0.717) is 11.3 Å². The lowest BCUT2D eigenvalue weighted by Crippen LogP contribution is -2.41. The second-order valence-corrected chi connectivity index (χ2v) is 6.29. The van der Waals surface area contributed by atoms with E-state index in [1.54, 1.807) is 13.0 Å². The number of aromatic amines is 1. The van der Waals surface area contributed by atoms with Gasteiger partial charge in [-0.25, -0.2) is 4.79 Å². The summed E-state index contributed by atoms with van der Waals surface area (Å²) < 4.78 is 10.2. The number of carbonyl (C=O) groups excluding carboxylic acids is 3. The summed E-state index contributed by atoms with van der Waals surface area (Å²) in [6, 6.07) is 9.56. The maximum Gasteiger partial charge on any atom is 0.329 e. The van der Waals surface area contributed by atoms with Crippen molar-refractivity contribution in [2.24, 2.45) is 0 Å². The number of ketones is 1. The number of ether oxygens (including phenoxy) is 1. The van der Waals surface area contributed by atoms with Crippen LogP contribution in [0, 0.1) is 6.92 Å². The maximum atomic E-state index is 12.8. The van der Waals surface area contributed by atoms with Crippen molar-refractivity contribution in [3.05, 3.63) is 59.7 Å². The standard InChI is InChI=1S/C20H20N2O5/c1-11-17(14-7-4-5-8-15(14)21-11)18(23)13(3)27-20(25)12(2)22-19(24)16-9-6-10-26-16/h4-10,12-13,21H,1-3H3,(H,22,24)/t12-,13-/m0/s1. The van der Waals surface area contributed by atoms with Crippen LogP contribution in [-0.4, -0.2) is 34.8 Å². The second-order valence-electron chi connectivity index (χ2n) is 6.29. The average molecular weight is 368 g/mol. The van der Waals surface area contributed by atoms with Crippen LogP contribution in [0.3, 0.4) is 0 Å². The highest BCUT2D eigenvalue weighted by atomic mass is 16.5. The molecule has 2 atom stereocenters. The molecule has 27 heavy (non-hydrogen) atoms. The Hall–Kier alpha value is -3.35. The number of nitrogens with one attached hydrogen (secondary N) is 2. The molecule has 0 fully saturated rings. The first-order chi connectivity index (χ1) is 12.9. The highest BCUT2D eigenvalue weighted by molar-refractivity contribution is 6.11. The van der Waals surface area contributed by atoms with Crippen LogP contribution < -0.4 is 5.32 Å². The molecule has 0 unspecified atom stereocenters. The minimum Gasteiger partial charge on any atom is -0.459 e. The number of esters is 1. The number of H-pyrrole nitrogens is 1. The van der Waals surface area contributed by atoms with Gasteiger partial charge in [0.25, 0.3) is 5.91 Å². The lowest BCUT2D eigenvalue weighted by atomic mass is 10.0. The number of rotatable bonds is 6. The van der Waals surface area contributed by atoms with E-state index in [1.807, 2.05) is 24.3 Å². The summed E-state index contributed by atoms with van der Waals surface area (Å²) in [4.78, 5) is 40.1. The van der Waals surface area contributed by atoms with Crippen molar-refractivity contribution < 1.29 is 23.5 Å². The molecule has 0 aliphatic heterocycles. The number of hydrogen-bond acceptors (Lipinski definition) is 5. The zero-order valence-corrected chi connectivity index (χ0v) is 15.2. The highest BCUT2D eigenvalue weighted by Gasteiger charge is 2.27. The van der Waals surface area contributed by atoms with E-state index in [1.165, 1.54) is 26.2 Å². The third kappa shape index (κ3) is 3.76. The molecule has 1 aromatic carbocycles. The van der Waals surface area contributed by atoms with Gasteiger partial charge in [-0.3, -0.25) is 9.59 Å². The van der Waals surface area contributed by atoms with Gasteiger partial charge in [0, 0.05) is 22.2 Å². The number of hydrogen-bond donors (Lipinski definition) is 2. The summed E-state index contributed by atoms with van der Waals surface area (Å²) in [5, 5.41) is 3.26. The highest BCUT2D eigenvalue weighted by Crippen LogP contribution is 2.23. The van der Waals surface area contributed by atoms with Crippen LogP contribution in [0.5, 0.6) is 0 Å². The molecule has 3 aromatic rings. The number of para-hydroxylation sites is 1.